The molecule has 19 heavy (non-hydrogen) atoms. The number of hydrogen-bond donors (Lipinski definition) is 1. The number of carbonyl (C=O) groups is 1. The number of carbonyl (C=O) groups excluding carboxylic acids is 1. The van der Waals surface area contributed by atoms with Gasteiger partial charge in [0, 0.05) is 6.54 Å². The molecule has 1 aromatic carbocycles. The van der Waals surface area contributed by atoms with E-state index in [-0.39, 0.29) is 12.7 Å². The summed E-state index contributed by atoms with van der Waals surface area (Å²) < 4.78 is 10.5. The van der Waals surface area contributed by atoms with E-state index in [1.165, 1.54) is 11.3 Å². The third-order valence-electron chi connectivity index (χ3n) is 2.71. The minimum atomic E-state index is -0.169. The van der Waals surface area contributed by atoms with Crippen molar-refractivity contribution < 1.29 is 14.3 Å². The molecule has 2 heterocycles. The number of hydrogen-bond acceptors (Lipinski definition) is 4. The van der Waals surface area contributed by atoms with Gasteiger partial charge in [-0.15, -0.1) is 11.3 Å². The Bertz CT molecular complexity index is 626. The van der Waals surface area contributed by atoms with E-state index in [0.29, 0.717) is 22.2 Å². The normalized spacial score (nSPS) is 12.5. The van der Waals surface area contributed by atoms with Crippen LogP contribution in [0.4, 0.5) is 0 Å². The summed E-state index contributed by atoms with van der Waals surface area (Å²) in [6, 6.07) is 7.30. The summed E-state index contributed by atoms with van der Waals surface area (Å²) in [6.07, 6.45) is 0. The lowest BCUT2D eigenvalue weighted by atomic mass is 10.2. The molecular formula is C13H10ClNO3S. The molecule has 6 heteroatoms. The van der Waals surface area contributed by atoms with E-state index in [1.54, 1.807) is 11.4 Å². The molecule has 2 aromatic rings. The van der Waals surface area contributed by atoms with Crippen LogP contribution in [0, 0.1) is 0 Å². The largest absolute Gasteiger partial charge is 0.454 e. The molecule has 4 nitrogen and oxygen atoms in total. The van der Waals surface area contributed by atoms with Crippen LogP contribution in [0.25, 0.3) is 0 Å². The lowest BCUT2D eigenvalue weighted by Gasteiger charge is -2.05. The summed E-state index contributed by atoms with van der Waals surface area (Å²) >= 11 is 7.23. The van der Waals surface area contributed by atoms with Crippen LogP contribution in [-0.4, -0.2) is 12.7 Å². The highest BCUT2D eigenvalue weighted by molar-refractivity contribution is 7.12. The maximum absolute atomic E-state index is 11.9. The van der Waals surface area contributed by atoms with Gasteiger partial charge in [0.25, 0.3) is 5.91 Å². The van der Waals surface area contributed by atoms with Crippen LogP contribution in [0.5, 0.6) is 11.5 Å². The third-order valence-corrected chi connectivity index (χ3v) is 4.05. The second-order valence-corrected chi connectivity index (χ2v) is 5.29. The van der Waals surface area contributed by atoms with Crippen molar-refractivity contribution in [1.82, 2.24) is 5.32 Å². The van der Waals surface area contributed by atoms with E-state index in [9.17, 15) is 4.79 Å². The molecule has 0 atom stereocenters. The number of benzene rings is 1. The fraction of sp³-hybridized carbons (Fsp3) is 0.154. The minimum Gasteiger partial charge on any atom is -0.454 e. The van der Waals surface area contributed by atoms with Gasteiger partial charge in [-0.25, -0.2) is 0 Å². The summed E-state index contributed by atoms with van der Waals surface area (Å²) in [5, 5.41) is 5.09. The van der Waals surface area contributed by atoms with E-state index in [1.807, 2.05) is 18.2 Å². The molecule has 98 valence electrons. The van der Waals surface area contributed by atoms with Crippen LogP contribution >= 0.6 is 22.9 Å². The van der Waals surface area contributed by atoms with E-state index in [2.05, 4.69) is 5.32 Å². The molecule has 1 N–H and O–H groups in total. The first kappa shape index (κ1) is 12.3. The first-order valence-corrected chi connectivity index (χ1v) is 6.89. The van der Waals surface area contributed by atoms with Crippen LogP contribution in [0.15, 0.2) is 29.6 Å². The van der Waals surface area contributed by atoms with Crippen molar-refractivity contribution in [3.8, 4) is 11.5 Å². The van der Waals surface area contributed by atoms with Crippen molar-refractivity contribution in [2.75, 3.05) is 6.79 Å². The standard InChI is InChI=1S/C13H10ClNO3S/c14-9-3-4-19-12(9)13(16)15-6-8-1-2-10-11(5-8)18-7-17-10/h1-5H,6-7H2,(H,15,16). The van der Waals surface area contributed by atoms with Gasteiger partial charge in [-0.05, 0) is 29.1 Å². The zero-order valence-electron chi connectivity index (χ0n) is 9.81. The van der Waals surface area contributed by atoms with Crippen molar-refractivity contribution in [1.29, 1.82) is 0 Å². The third kappa shape index (κ3) is 2.52. The fourth-order valence-electron chi connectivity index (χ4n) is 1.77. The van der Waals surface area contributed by atoms with Gasteiger partial charge >= 0.3 is 0 Å². The number of amides is 1. The zero-order chi connectivity index (χ0) is 13.2. The van der Waals surface area contributed by atoms with E-state index in [0.717, 1.165) is 11.3 Å². The first-order valence-electron chi connectivity index (χ1n) is 5.64. The molecule has 0 bridgehead atoms. The average molecular weight is 296 g/mol. The zero-order valence-corrected chi connectivity index (χ0v) is 11.4. The van der Waals surface area contributed by atoms with Crippen molar-refractivity contribution in [2.24, 2.45) is 0 Å². The van der Waals surface area contributed by atoms with Gasteiger partial charge in [0.05, 0.1) is 5.02 Å². The molecule has 0 fully saturated rings. The van der Waals surface area contributed by atoms with Crippen molar-refractivity contribution >= 4 is 28.8 Å². The lowest BCUT2D eigenvalue weighted by Crippen LogP contribution is -2.22. The van der Waals surface area contributed by atoms with Crippen molar-refractivity contribution in [2.45, 2.75) is 6.54 Å². The molecule has 0 radical (unpaired) electrons. The molecule has 0 saturated heterocycles. The number of nitrogens with one attached hydrogen (secondary N) is 1. The van der Waals surface area contributed by atoms with Gasteiger partial charge in [-0.3, -0.25) is 4.79 Å². The quantitative estimate of drug-likeness (QED) is 0.947. The predicted octanol–water partition coefficient (Wildman–Crippen LogP) is 3.06. The van der Waals surface area contributed by atoms with E-state index >= 15 is 0 Å². The van der Waals surface area contributed by atoms with Crippen LogP contribution < -0.4 is 14.8 Å². The highest BCUT2D eigenvalue weighted by atomic mass is 35.5. The number of ether oxygens (including phenoxy) is 2. The number of halogens is 1. The summed E-state index contributed by atoms with van der Waals surface area (Å²) in [7, 11) is 0. The molecule has 0 aliphatic carbocycles. The predicted molar refractivity (Wildman–Crippen MR) is 73.1 cm³/mol. The highest BCUT2D eigenvalue weighted by Gasteiger charge is 2.14. The van der Waals surface area contributed by atoms with Gasteiger partial charge in [0.2, 0.25) is 6.79 Å². The Hall–Kier alpha value is -1.72. The maximum atomic E-state index is 11.9. The molecule has 3 rings (SSSR count). The van der Waals surface area contributed by atoms with Crippen molar-refractivity contribution in [3.05, 3.63) is 45.1 Å². The summed E-state index contributed by atoms with van der Waals surface area (Å²) in [4.78, 5) is 12.4. The molecule has 1 aliphatic rings. The monoisotopic (exact) mass is 295 g/mol. The second kappa shape index (κ2) is 5.11. The summed E-state index contributed by atoms with van der Waals surface area (Å²) in [5.41, 5.74) is 0.949. The Morgan fingerprint density at radius 2 is 2.16 bits per heavy atom. The first-order chi connectivity index (χ1) is 9.24. The Balaban J connectivity index is 1.66. The Labute approximate surface area is 118 Å². The van der Waals surface area contributed by atoms with Gasteiger partial charge in [0.15, 0.2) is 11.5 Å². The van der Waals surface area contributed by atoms with Gasteiger partial charge in [0.1, 0.15) is 4.88 Å². The van der Waals surface area contributed by atoms with Crippen LogP contribution in [0.2, 0.25) is 5.02 Å². The second-order valence-electron chi connectivity index (χ2n) is 3.97. The summed E-state index contributed by atoms with van der Waals surface area (Å²) in [5.74, 6) is 1.27. The van der Waals surface area contributed by atoms with E-state index in [4.69, 9.17) is 21.1 Å². The maximum Gasteiger partial charge on any atom is 0.263 e. The highest BCUT2D eigenvalue weighted by Crippen LogP contribution is 2.32. The molecule has 1 aromatic heterocycles. The number of rotatable bonds is 3. The molecule has 0 saturated carbocycles. The number of thiophene rings is 1. The molecule has 0 unspecified atom stereocenters. The molecule has 1 amide bonds. The summed E-state index contributed by atoms with van der Waals surface area (Å²) in [6.45, 7) is 0.666. The molecule has 0 spiro atoms. The van der Waals surface area contributed by atoms with Crippen molar-refractivity contribution in [3.63, 3.8) is 0 Å². The van der Waals surface area contributed by atoms with Gasteiger partial charge in [-0.1, -0.05) is 17.7 Å². The average Bonchev–Trinajstić information content (AvgIpc) is 3.03. The topological polar surface area (TPSA) is 47.6 Å². The minimum absolute atomic E-state index is 0.169. The molecular weight excluding hydrogens is 286 g/mol. The lowest BCUT2D eigenvalue weighted by molar-refractivity contribution is 0.0955. The SMILES string of the molecule is O=C(NCc1ccc2c(c1)OCO2)c1sccc1Cl. The Kier molecular flexibility index (Phi) is 3.31. The molecule has 1 aliphatic heterocycles. The van der Waals surface area contributed by atoms with Crippen LogP contribution in [0.3, 0.4) is 0 Å². The fourth-order valence-corrected chi connectivity index (χ4v) is 2.83. The Morgan fingerprint density at radius 1 is 1.32 bits per heavy atom. The van der Waals surface area contributed by atoms with Gasteiger partial charge < -0.3 is 14.8 Å². The van der Waals surface area contributed by atoms with E-state index < -0.39 is 0 Å². The Morgan fingerprint density at radius 3 is 2.95 bits per heavy atom. The van der Waals surface area contributed by atoms with Gasteiger partial charge in [-0.2, -0.15) is 0 Å². The smallest absolute Gasteiger partial charge is 0.263 e. The van der Waals surface area contributed by atoms with Crippen LogP contribution in [-0.2, 0) is 6.54 Å². The number of fused-ring (bicyclic) bond motifs is 1. The van der Waals surface area contributed by atoms with Crippen LogP contribution in [0.1, 0.15) is 15.2 Å².